The van der Waals surface area contributed by atoms with Gasteiger partial charge in [-0.15, -0.1) is 154 Å². The van der Waals surface area contributed by atoms with Crippen molar-refractivity contribution in [1.29, 1.82) is 0 Å². The smallest absolute Gasteiger partial charge is 1.00 e. The summed E-state index contributed by atoms with van der Waals surface area (Å²) in [5, 5.41) is 8.64. The van der Waals surface area contributed by atoms with E-state index in [2.05, 4.69) is 186 Å². The minimum absolute atomic E-state index is 0. The fourth-order valence-electron chi connectivity index (χ4n) is 6.23. The first-order valence-corrected chi connectivity index (χ1v) is 27.2. The first-order chi connectivity index (χ1) is 23.1. The van der Waals surface area contributed by atoms with Gasteiger partial charge in [-0.1, -0.05) is 64.5 Å². The van der Waals surface area contributed by atoms with Crippen molar-refractivity contribution < 1.29 is 51.0 Å². The van der Waals surface area contributed by atoms with Crippen molar-refractivity contribution in [1.82, 2.24) is 0 Å². The Kier molecular flexibility index (Phi) is 19.1. The summed E-state index contributed by atoms with van der Waals surface area (Å²) in [6.45, 7) is 18.8. The third-order valence-corrected chi connectivity index (χ3v) is 15.4. The Balaban J connectivity index is 0.000000231. The molecule has 0 saturated heterocycles. The molecule has 2 aliphatic rings. The van der Waals surface area contributed by atoms with Crippen LogP contribution in [0.2, 0.25) is 52.4 Å². The fraction of sp³-hybridized carbons (Fsp3) is 0.227. The van der Waals surface area contributed by atoms with Gasteiger partial charge in [-0.25, -0.2) is 0 Å². The van der Waals surface area contributed by atoms with Crippen molar-refractivity contribution in [3.05, 3.63) is 156 Å². The maximum absolute atomic E-state index is 3.26. The van der Waals surface area contributed by atoms with Gasteiger partial charge in [0.2, 0.25) is 0 Å². The Morgan fingerprint density at radius 1 is 0.510 bits per heavy atom. The zero-order valence-electron chi connectivity index (χ0n) is 31.1. The Morgan fingerprint density at radius 3 is 1.22 bits per heavy atom. The summed E-state index contributed by atoms with van der Waals surface area (Å²) in [6, 6.07) is 45.6. The second-order valence-corrected chi connectivity index (χ2v) is 24.4. The zero-order valence-corrected chi connectivity index (χ0v) is 39.1. The van der Waals surface area contributed by atoms with E-state index in [1.807, 2.05) is 12.1 Å². The quantitative estimate of drug-likeness (QED) is 0.177. The van der Waals surface area contributed by atoms with Crippen molar-refractivity contribution >= 4 is 79.3 Å². The van der Waals surface area contributed by atoms with Gasteiger partial charge in [-0.05, 0) is 11.1 Å². The molecule has 0 nitrogen and oxygen atoms in total. The number of halogens is 2. The van der Waals surface area contributed by atoms with Crippen molar-refractivity contribution in [2.24, 2.45) is 0 Å². The summed E-state index contributed by atoms with van der Waals surface area (Å²) in [5.41, 5.74) is 6.99. The molecule has 51 heavy (non-hydrogen) atoms. The molecule has 0 fully saturated rings. The predicted molar refractivity (Wildman–Crippen MR) is 222 cm³/mol. The summed E-state index contributed by atoms with van der Waals surface area (Å²) >= 11 is 0. The molecule has 0 aliphatic heterocycles. The van der Waals surface area contributed by atoms with Gasteiger partial charge in [0.1, 0.15) is 0 Å². The van der Waals surface area contributed by atoms with E-state index in [1.165, 1.54) is 43.8 Å². The van der Waals surface area contributed by atoms with E-state index in [4.69, 9.17) is 0 Å². The van der Waals surface area contributed by atoms with Crippen LogP contribution in [0.25, 0.3) is 33.7 Å². The minimum Gasteiger partial charge on any atom is -1.00 e. The molecule has 6 aromatic rings. The molecule has 2 atom stereocenters. The standard InChI is InChI=1S/4C11H12Si.2ClH.Zr/c2*1-12(2)11-7-9-5-3-4-6-10(9)8-11;2*1-12(2)11-8-7-9-5-3-4-6-10(9)11;;;/h2*3-8H,1-2H3;2*3-4,6-8,11H,1-2H3;2*1H;/q4*-1;;;+4/p-2. The van der Waals surface area contributed by atoms with Crippen molar-refractivity contribution in [2.75, 3.05) is 0 Å². The average Bonchev–Trinajstić information content (AvgIpc) is 3.89. The van der Waals surface area contributed by atoms with Crippen LogP contribution in [0.1, 0.15) is 33.3 Å². The van der Waals surface area contributed by atoms with Crippen LogP contribution in [0.4, 0.5) is 0 Å². The van der Waals surface area contributed by atoms with Crippen LogP contribution >= 0.6 is 0 Å². The summed E-state index contributed by atoms with van der Waals surface area (Å²) in [6.07, 6.45) is 9.07. The molecule has 0 bridgehead atoms. The molecule has 2 aliphatic carbocycles. The topological polar surface area (TPSA) is 0 Å². The summed E-state index contributed by atoms with van der Waals surface area (Å²) < 4.78 is 0. The van der Waals surface area contributed by atoms with E-state index in [1.54, 1.807) is 10.4 Å². The molecule has 0 heterocycles. The molecule has 6 aromatic carbocycles. The molecule has 2 unspecified atom stereocenters. The van der Waals surface area contributed by atoms with Gasteiger partial charge in [0.15, 0.2) is 0 Å². The second kappa shape index (κ2) is 21.6. The van der Waals surface area contributed by atoms with Gasteiger partial charge in [-0.3, -0.25) is 0 Å². The zero-order chi connectivity index (χ0) is 34.2. The van der Waals surface area contributed by atoms with Crippen LogP contribution < -0.4 is 35.2 Å². The van der Waals surface area contributed by atoms with Gasteiger partial charge in [0.05, 0.1) is 17.6 Å². The number of benzene rings is 4. The molecule has 8 rings (SSSR count). The molecule has 0 N–H and O–H groups in total. The molecule has 7 heteroatoms. The van der Waals surface area contributed by atoms with E-state index in [0.717, 1.165) is 0 Å². The molecular weight excluding hydrogens is 803 g/mol. The second-order valence-electron chi connectivity index (χ2n) is 13.7. The predicted octanol–water partition coefficient (Wildman–Crippen LogP) is 4.83. The van der Waals surface area contributed by atoms with Gasteiger partial charge in [0, 0.05) is 17.6 Å². The van der Waals surface area contributed by atoms with Crippen molar-refractivity contribution in [2.45, 2.75) is 63.5 Å². The molecule has 4 radical (unpaired) electrons. The molecule has 260 valence electrons. The third kappa shape index (κ3) is 12.0. The summed E-state index contributed by atoms with van der Waals surface area (Å²) in [4.78, 5) is 0. The van der Waals surface area contributed by atoms with Crippen molar-refractivity contribution in [3.63, 3.8) is 0 Å². The molecule has 0 saturated carbocycles. The number of hydrogen-bond donors (Lipinski definition) is 0. The Bertz CT molecular complexity index is 1780. The van der Waals surface area contributed by atoms with Crippen LogP contribution in [0.3, 0.4) is 0 Å². The van der Waals surface area contributed by atoms with E-state index >= 15 is 0 Å². The van der Waals surface area contributed by atoms with E-state index in [0.29, 0.717) is 11.1 Å². The molecule has 0 amide bonds. The Morgan fingerprint density at radius 2 is 0.882 bits per heavy atom. The SMILES string of the molecule is C[Si](C)C1C=Cc2[c-]cccc21.C[Si](C)C1C=Cc2[c-]cccc21.C[Si](C)c1cc2ccccc2[cH-]1.C[Si](C)c1cc2ccccc2[cH-]1.[Cl-].[Cl-].[Zr+4]. The van der Waals surface area contributed by atoms with Crippen molar-refractivity contribution in [3.8, 4) is 0 Å². The largest absolute Gasteiger partial charge is 4.00 e. The fourth-order valence-corrected chi connectivity index (χ4v) is 10.7. The normalized spacial score (nSPS) is 14.7. The maximum atomic E-state index is 3.26. The van der Waals surface area contributed by atoms with Crippen LogP contribution in [-0.2, 0) is 26.2 Å². The van der Waals surface area contributed by atoms with Crippen LogP contribution in [0.15, 0.2) is 121 Å². The first-order valence-electron chi connectivity index (χ1n) is 17.0. The Hall–Kier alpha value is -2.09. The van der Waals surface area contributed by atoms with E-state index < -0.39 is 0 Å². The number of fused-ring (bicyclic) bond motifs is 4. The van der Waals surface area contributed by atoms with Gasteiger partial charge in [-0.2, -0.15) is 33.3 Å². The summed E-state index contributed by atoms with van der Waals surface area (Å²) in [7, 11) is -1.01. The Labute approximate surface area is 346 Å². The van der Waals surface area contributed by atoms with Gasteiger partial charge < -0.3 is 24.8 Å². The first kappa shape index (κ1) is 45.1. The van der Waals surface area contributed by atoms with E-state index in [9.17, 15) is 0 Å². The van der Waals surface area contributed by atoms with Gasteiger partial charge >= 0.3 is 26.2 Å². The number of rotatable bonds is 4. The molecule has 0 spiro atoms. The van der Waals surface area contributed by atoms with Gasteiger partial charge in [0.25, 0.3) is 0 Å². The average molecular weight is 851 g/mol. The minimum atomic E-state index is -0.273. The van der Waals surface area contributed by atoms with Crippen LogP contribution in [0, 0.1) is 12.1 Å². The maximum Gasteiger partial charge on any atom is 4.00 e. The monoisotopic (exact) mass is 848 g/mol. The van der Waals surface area contributed by atoms with Crippen LogP contribution in [0.5, 0.6) is 0 Å². The van der Waals surface area contributed by atoms with E-state index in [-0.39, 0.29) is 86.2 Å². The van der Waals surface area contributed by atoms with Crippen LogP contribution in [-0.4, -0.2) is 35.2 Å². The number of hydrogen-bond acceptors (Lipinski definition) is 0. The summed E-state index contributed by atoms with van der Waals surface area (Å²) in [5.74, 6) is 0. The third-order valence-electron chi connectivity index (χ3n) is 9.06. The number of allylic oxidation sites excluding steroid dienone is 2. The molecule has 0 aromatic heterocycles. The molecular formula is C44H48Cl2Si4Zr-2.